The summed E-state index contributed by atoms with van der Waals surface area (Å²) in [6.45, 7) is -1.33. The van der Waals surface area contributed by atoms with Crippen LogP contribution in [0.2, 0.25) is 0 Å². The molecule has 1 aliphatic heterocycles. The molecule has 11 nitrogen and oxygen atoms in total. The monoisotopic (exact) mass is 431 g/mol. The van der Waals surface area contributed by atoms with E-state index in [4.69, 9.17) is 9.47 Å². The van der Waals surface area contributed by atoms with Crippen LogP contribution in [0.5, 0.6) is 0 Å². The topological polar surface area (TPSA) is 189 Å². The first-order valence-electron chi connectivity index (χ1n) is 9.49. The molecule has 170 valence electrons. The Kier molecular flexibility index (Phi) is 9.71. The Balaban J connectivity index is 2.11. The minimum Gasteiger partial charge on any atom is -0.394 e. The van der Waals surface area contributed by atoms with Gasteiger partial charge in [-0.25, -0.2) is 0 Å². The van der Waals surface area contributed by atoms with Gasteiger partial charge in [-0.05, 0) is 5.56 Å². The van der Waals surface area contributed by atoms with Gasteiger partial charge >= 0.3 is 0 Å². The molecule has 0 amide bonds. The van der Waals surface area contributed by atoms with E-state index in [9.17, 15) is 40.5 Å². The lowest BCUT2D eigenvalue weighted by molar-refractivity contribution is -0.325. The van der Waals surface area contributed by atoms with Crippen LogP contribution in [0, 0.1) is 0 Å². The second-order valence-electron chi connectivity index (χ2n) is 7.07. The van der Waals surface area contributed by atoms with Gasteiger partial charge < -0.3 is 55.3 Å². The van der Waals surface area contributed by atoms with Gasteiger partial charge in [-0.2, -0.15) is 0 Å². The number of aldehydes is 1. The standard InChI is InChI=1S/C19H29NO10/c21-7-11(20-6-10-4-2-1-3-5-10)14(25)18(12(24)8-22)30-19-17(28)16(27)15(26)13(9-23)29-19/h1-5,7,11-20,22-28H,6,8-9H2. The number of benzene rings is 1. The third-order valence-electron chi connectivity index (χ3n) is 4.94. The highest BCUT2D eigenvalue weighted by atomic mass is 16.7. The summed E-state index contributed by atoms with van der Waals surface area (Å²) in [6.07, 6.45) is -12.6. The lowest BCUT2D eigenvalue weighted by atomic mass is 9.98. The molecule has 1 aliphatic rings. The number of carbonyl (C=O) groups excluding carboxylic acids is 1. The smallest absolute Gasteiger partial charge is 0.187 e. The fourth-order valence-electron chi connectivity index (χ4n) is 3.12. The van der Waals surface area contributed by atoms with Crippen LogP contribution >= 0.6 is 0 Å². The van der Waals surface area contributed by atoms with Crippen molar-refractivity contribution in [3.63, 3.8) is 0 Å². The first-order valence-corrected chi connectivity index (χ1v) is 9.49. The molecule has 0 radical (unpaired) electrons. The van der Waals surface area contributed by atoms with Crippen molar-refractivity contribution in [3.05, 3.63) is 35.9 Å². The van der Waals surface area contributed by atoms with E-state index in [0.717, 1.165) is 5.56 Å². The van der Waals surface area contributed by atoms with Crippen LogP contribution in [0.4, 0.5) is 0 Å². The number of hydrogen-bond donors (Lipinski definition) is 8. The SMILES string of the molecule is O=CC(NCc1ccccc1)C(O)C(OC1OC(CO)C(O)C(O)C1O)C(O)CO. The van der Waals surface area contributed by atoms with Gasteiger partial charge in [0.05, 0.1) is 19.3 Å². The number of hydrogen-bond acceptors (Lipinski definition) is 11. The Hall–Kier alpha value is -1.51. The molecule has 9 atom stereocenters. The molecule has 9 unspecified atom stereocenters. The van der Waals surface area contributed by atoms with Gasteiger partial charge in [0, 0.05) is 6.54 Å². The van der Waals surface area contributed by atoms with Crippen molar-refractivity contribution in [3.8, 4) is 0 Å². The molecular formula is C19H29NO10. The van der Waals surface area contributed by atoms with E-state index in [1.54, 1.807) is 24.3 Å². The normalized spacial score (nSPS) is 31.0. The van der Waals surface area contributed by atoms with Crippen molar-refractivity contribution in [2.75, 3.05) is 13.2 Å². The zero-order chi connectivity index (χ0) is 22.3. The summed E-state index contributed by atoms with van der Waals surface area (Å²) in [5.74, 6) is 0. The molecular weight excluding hydrogens is 402 g/mol. The minimum absolute atomic E-state index is 0.212. The van der Waals surface area contributed by atoms with Crippen LogP contribution in [0.15, 0.2) is 30.3 Å². The van der Waals surface area contributed by atoms with Crippen LogP contribution < -0.4 is 5.32 Å². The number of aliphatic hydroxyl groups excluding tert-OH is 7. The molecule has 8 N–H and O–H groups in total. The average molecular weight is 431 g/mol. The quantitative estimate of drug-likeness (QED) is 0.161. The Morgan fingerprint density at radius 2 is 1.73 bits per heavy atom. The molecule has 0 spiro atoms. The summed E-state index contributed by atoms with van der Waals surface area (Å²) in [5.41, 5.74) is 0.825. The van der Waals surface area contributed by atoms with E-state index in [0.29, 0.717) is 6.29 Å². The summed E-state index contributed by atoms with van der Waals surface area (Å²) < 4.78 is 10.6. The van der Waals surface area contributed by atoms with Gasteiger partial charge in [-0.1, -0.05) is 30.3 Å². The molecule has 0 aliphatic carbocycles. The highest BCUT2D eigenvalue weighted by Gasteiger charge is 2.46. The van der Waals surface area contributed by atoms with Gasteiger partial charge in [-0.15, -0.1) is 0 Å². The largest absolute Gasteiger partial charge is 0.394 e. The van der Waals surface area contributed by atoms with Crippen molar-refractivity contribution in [1.82, 2.24) is 5.32 Å². The summed E-state index contributed by atoms with van der Waals surface area (Å²) in [4.78, 5) is 11.5. The summed E-state index contributed by atoms with van der Waals surface area (Å²) in [5, 5.41) is 71.9. The Labute approximate surface area is 173 Å². The highest BCUT2D eigenvalue weighted by Crippen LogP contribution is 2.25. The van der Waals surface area contributed by atoms with E-state index in [2.05, 4.69) is 5.32 Å². The summed E-state index contributed by atoms with van der Waals surface area (Å²) in [7, 11) is 0. The van der Waals surface area contributed by atoms with E-state index >= 15 is 0 Å². The van der Waals surface area contributed by atoms with Gasteiger partial charge in [-0.3, -0.25) is 0 Å². The zero-order valence-electron chi connectivity index (χ0n) is 16.1. The van der Waals surface area contributed by atoms with Crippen molar-refractivity contribution < 1.29 is 50.0 Å². The Morgan fingerprint density at radius 1 is 1.07 bits per heavy atom. The highest BCUT2D eigenvalue weighted by molar-refractivity contribution is 5.59. The van der Waals surface area contributed by atoms with Crippen molar-refractivity contribution >= 4 is 6.29 Å². The maximum absolute atomic E-state index is 11.5. The lowest BCUT2D eigenvalue weighted by Gasteiger charge is -2.42. The zero-order valence-corrected chi connectivity index (χ0v) is 16.1. The fraction of sp³-hybridized carbons (Fsp3) is 0.632. The maximum atomic E-state index is 11.5. The van der Waals surface area contributed by atoms with Gasteiger partial charge in [0.2, 0.25) is 0 Å². The molecule has 1 aromatic carbocycles. The second kappa shape index (κ2) is 11.8. The molecule has 1 heterocycles. The summed E-state index contributed by atoms with van der Waals surface area (Å²) >= 11 is 0. The first-order chi connectivity index (χ1) is 14.3. The Bertz CT molecular complexity index is 633. The third-order valence-corrected chi connectivity index (χ3v) is 4.94. The first kappa shape index (κ1) is 24.8. The Morgan fingerprint density at radius 3 is 2.30 bits per heavy atom. The molecule has 1 saturated heterocycles. The molecule has 0 saturated carbocycles. The van der Waals surface area contributed by atoms with Crippen LogP contribution in [-0.4, -0.2) is 110 Å². The predicted octanol–water partition coefficient (Wildman–Crippen LogP) is -3.76. The fourth-order valence-corrected chi connectivity index (χ4v) is 3.12. The van der Waals surface area contributed by atoms with E-state index in [1.165, 1.54) is 0 Å². The van der Waals surface area contributed by atoms with E-state index in [1.807, 2.05) is 6.07 Å². The lowest BCUT2D eigenvalue weighted by Crippen LogP contribution is -2.62. The summed E-state index contributed by atoms with van der Waals surface area (Å²) in [6, 6.07) is 7.78. The van der Waals surface area contributed by atoms with Gasteiger partial charge in [0.1, 0.15) is 49.0 Å². The number of ether oxygens (including phenoxy) is 2. The number of aliphatic hydroxyl groups is 7. The minimum atomic E-state index is -1.78. The van der Waals surface area contributed by atoms with Crippen molar-refractivity contribution in [2.45, 2.75) is 61.6 Å². The number of rotatable bonds is 11. The predicted molar refractivity (Wildman–Crippen MR) is 101 cm³/mol. The number of nitrogens with one attached hydrogen (secondary N) is 1. The molecule has 0 aromatic heterocycles. The van der Waals surface area contributed by atoms with Crippen LogP contribution in [0.3, 0.4) is 0 Å². The van der Waals surface area contributed by atoms with Gasteiger partial charge in [0.15, 0.2) is 6.29 Å². The molecule has 1 fully saturated rings. The number of carbonyl (C=O) groups is 1. The van der Waals surface area contributed by atoms with Crippen molar-refractivity contribution in [2.24, 2.45) is 0 Å². The van der Waals surface area contributed by atoms with E-state index < -0.39 is 68.3 Å². The molecule has 30 heavy (non-hydrogen) atoms. The third kappa shape index (κ3) is 6.02. The van der Waals surface area contributed by atoms with Gasteiger partial charge in [0.25, 0.3) is 0 Å². The average Bonchev–Trinajstić information content (AvgIpc) is 2.77. The van der Waals surface area contributed by atoms with Crippen molar-refractivity contribution in [1.29, 1.82) is 0 Å². The maximum Gasteiger partial charge on any atom is 0.187 e. The van der Waals surface area contributed by atoms with Crippen LogP contribution in [-0.2, 0) is 20.8 Å². The van der Waals surface area contributed by atoms with E-state index in [-0.39, 0.29) is 6.54 Å². The molecule has 2 rings (SSSR count). The van der Waals surface area contributed by atoms with Crippen LogP contribution in [0.1, 0.15) is 5.56 Å². The second-order valence-corrected chi connectivity index (χ2v) is 7.07. The molecule has 11 heteroatoms. The molecule has 0 bridgehead atoms. The van der Waals surface area contributed by atoms with Crippen LogP contribution in [0.25, 0.3) is 0 Å². The molecule has 1 aromatic rings.